The molecule has 0 aromatic carbocycles. The van der Waals surface area contributed by atoms with Crippen molar-refractivity contribution in [1.29, 1.82) is 0 Å². The van der Waals surface area contributed by atoms with Gasteiger partial charge >= 0.3 is 17.8 Å². The van der Waals surface area contributed by atoms with Gasteiger partial charge in [-0.3, -0.25) is 10.1 Å². The van der Waals surface area contributed by atoms with E-state index in [2.05, 4.69) is 25.0 Å². The van der Waals surface area contributed by atoms with Crippen LogP contribution < -0.4 is 5.32 Å². The van der Waals surface area contributed by atoms with Crippen molar-refractivity contribution >= 4 is 11.5 Å². The highest BCUT2D eigenvalue weighted by Crippen LogP contribution is 2.31. The van der Waals surface area contributed by atoms with Gasteiger partial charge in [0.1, 0.15) is 0 Å². The van der Waals surface area contributed by atoms with Gasteiger partial charge in [-0.1, -0.05) is 5.16 Å². The van der Waals surface area contributed by atoms with Gasteiger partial charge in [-0.2, -0.15) is 18.2 Å². The Morgan fingerprint density at radius 3 is 2.75 bits per heavy atom. The van der Waals surface area contributed by atoms with Crippen LogP contribution in [-0.4, -0.2) is 39.3 Å². The number of nitrogens with one attached hydrogen (secondary N) is 1. The first kappa shape index (κ1) is 16.1. The summed E-state index contributed by atoms with van der Waals surface area (Å²) in [6.07, 6.45) is -2.88. The zero-order chi connectivity index (χ0) is 17.3. The van der Waals surface area contributed by atoms with Crippen LogP contribution in [0.25, 0.3) is 11.4 Å². The molecule has 1 saturated heterocycles. The van der Waals surface area contributed by atoms with Crippen molar-refractivity contribution in [2.75, 3.05) is 18.5 Å². The Labute approximate surface area is 132 Å². The van der Waals surface area contributed by atoms with Gasteiger partial charge in [-0.05, 0) is 6.42 Å². The molecule has 0 saturated carbocycles. The van der Waals surface area contributed by atoms with E-state index in [1.807, 2.05) is 0 Å². The first-order valence-electron chi connectivity index (χ1n) is 6.76. The number of hydrogen-bond acceptors (Lipinski definition) is 8. The number of hydrogen-bond donors (Lipinski definition) is 1. The molecular weight excluding hydrogens is 335 g/mol. The third-order valence-corrected chi connectivity index (χ3v) is 3.28. The lowest BCUT2D eigenvalue weighted by Crippen LogP contribution is -2.33. The molecule has 1 aliphatic rings. The van der Waals surface area contributed by atoms with Crippen LogP contribution >= 0.6 is 0 Å². The Bertz CT molecular complexity index is 759. The SMILES string of the molecule is O=[N+]([O-])c1cc(-c2noc(C(F)(F)F)n2)cnc1NCC1CCO1. The molecule has 0 radical (unpaired) electrons. The third-order valence-electron chi connectivity index (χ3n) is 3.28. The van der Waals surface area contributed by atoms with E-state index in [1.165, 1.54) is 0 Å². The molecule has 9 nitrogen and oxygen atoms in total. The number of nitro groups is 1. The minimum absolute atomic E-state index is 0.0150. The molecule has 1 N–H and O–H groups in total. The smallest absolute Gasteiger partial charge is 0.376 e. The van der Waals surface area contributed by atoms with Gasteiger partial charge in [0.25, 0.3) is 0 Å². The first-order chi connectivity index (χ1) is 11.3. The predicted octanol–water partition coefficient (Wildman–Crippen LogP) is 2.26. The Balaban J connectivity index is 1.85. The topological polar surface area (TPSA) is 116 Å². The van der Waals surface area contributed by atoms with Gasteiger partial charge in [-0.25, -0.2) is 4.98 Å². The maximum atomic E-state index is 12.5. The summed E-state index contributed by atoms with van der Waals surface area (Å²) in [6, 6.07) is 1.03. The van der Waals surface area contributed by atoms with Crippen molar-refractivity contribution in [3.8, 4) is 11.4 Å². The summed E-state index contributed by atoms with van der Waals surface area (Å²) in [5.74, 6) is -1.99. The highest BCUT2D eigenvalue weighted by molar-refractivity contribution is 5.65. The van der Waals surface area contributed by atoms with Crippen LogP contribution in [0.2, 0.25) is 0 Å². The van der Waals surface area contributed by atoms with Crippen molar-refractivity contribution in [3.63, 3.8) is 0 Å². The number of nitrogens with zero attached hydrogens (tertiary/aromatic N) is 4. The van der Waals surface area contributed by atoms with Crippen molar-refractivity contribution in [3.05, 3.63) is 28.3 Å². The molecule has 1 fully saturated rings. The molecule has 2 aromatic heterocycles. The zero-order valence-electron chi connectivity index (χ0n) is 11.9. The molecule has 12 heteroatoms. The van der Waals surface area contributed by atoms with Gasteiger partial charge in [0.05, 0.1) is 11.0 Å². The van der Waals surface area contributed by atoms with E-state index in [0.717, 1.165) is 18.7 Å². The molecule has 0 aliphatic carbocycles. The van der Waals surface area contributed by atoms with E-state index in [4.69, 9.17) is 4.74 Å². The molecule has 3 heterocycles. The van der Waals surface area contributed by atoms with Crippen molar-refractivity contribution in [2.45, 2.75) is 18.7 Å². The quantitative estimate of drug-likeness (QED) is 0.648. The number of rotatable bonds is 5. The molecule has 3 rings (SSSR count). The molecule has 128 valence electrons. The Hall–Kier alpha value is -2.76. The second kappa shape index (κ2) is 6.03. The highest BCUT2D eigenvalue weighted by atomic mass is 19.4. The van der Waals surface area contributed by atoms with Crippen molar-refractivity contribution in [1.82, 2.24) is 15.1 Å². The molecule has 1 aliphatic heterocycles. The van der Waals surface area contributed by atoms with E-state index in [0.29, 0.717) is 13.2 Å². The number of alkyl halides is 3. The van der Waals surface area contributed by atoms with Crippen LogP contribution in [0.15, 0.2) is 16.8 Å². The van der Waals surface area contributed by atoms with Crippen LogP contribution in [0.5, 0.6) is 0 Å². The maximum absolute atomic E-state index is 12.5. The normalized spacial score (nSPS) is 17.4. The second-order valence-electron chi connectivity index (χ2n) is 4.93. The monoisotopic (exact) mass is 345 g/mol. The Morgan fingerprint density at radius 1 is 1.46 bits per heavy atom. The fraction of sp³-hybridized carbons (Fsp3) is 0.417. The minimum Gasteiger partial charge on any atom is -0.376 e. The van der Waals surface area contributed by atoms with Crippen LogP contribution in [0.3, 0.4) is 0 Å². The summed E-state index contributed by atoms with van der Waals surface area (Å²) in [7, 11) is 0. The van der Waals surface area contributed by atoms with Crippen LogP contribution in [0, 0.1) is 10.1 Å². The highest BCUT2D eigenvalue weighted by Gasteiger charge is 2.38. The third kappa shape index (κ3) is 3.27. The number of ether oxygens (including phenoxy) is 1. The Morgan fingerprint density at radius 2 is 2.21 bits per heavy atom. The molecule has 2 aromatic rings. The summed E-state index contributed by atoms with van der Waals surface area (Å²) in [4.78, 5) is 17.5. The molecule has 1 atom stereocenters. The largest absolute Gasteiger partial charge is 0.471 e. The maximum Gasteiger partial charge on any atom is 0.471 e. The van der Waals surface area contributed by atoms with Gasteiger partial charge in [-0.15, -0.1) is 0 Å². The van der Waals surface area contributed by atoms with Crippen molar-refractivity contribution < 1.29 is 27.4 Å². The molecule has 24 heavy (non-hydrogen) atoms. The van der Waals surface area contributed by atoms with Gasteiger partial charge in [0, 0.05) is 31.0 Å². The van der Waals surface area contributed by atoms with Crippen molar-refractivity contribution in [2.24, 2.45) is 0 Å². The van der Waals surface area contributed by atoms with Crippen LogP contribution in [0.1, 0.15) is 12.3 Å². The summed E-state index contributed by atoms with van der Waals surface area (Å²) in [6.45, 7) is 0.980. The molecule has 0 bridgehead atoms. The molecule has 0 spiro atoms. The van der Waals surface area contributed by atoms with Gasteiger partial charge in [0.2, 0.25) is 11.6 Å². The lowest BCUT2D eigenvalue weighted by molar-refractivity contribution is -0.384. The van der Waals surface area contributed by atoms with E-state index in [-0.39, 0.29) is 17.5 Å². The van der Waals surface area contributed by atoms with Crippen LogP contribution in [-0.2, 0) is 10.9 Å². The predicted molar refractivity (Wildman–Crippen MR) is 72.0 cm³/mol. The lowest BCUT2D eigenvalue weighted by Gasteiger charge is -2.26. The summed E-state index contributed by atoms with van der Waals surface area (Å²) >= 11 is 0. The van der Waals surface area contributed by atoms with E-state index >= 15 is 0 Å². The fourth-order valence-electron chi connectivity index (χ4n) is 1.96. The zero-order valence-corrected chi connectivity index (χ0v) is 11.9. The average molecular weight is 345 g/mol. The lowest BCUT2D eigenvalue weighted by atomic mass is 10.2. The fourth-order valence-corrected chi connectivity index (χ4v) is 1.96. The number of aromatic nitrogens is 3. The summed E-state index contributed by atoms with van der Waals surface area (Å²) < 4.78 is 46.7. The second-order valence-corrected chi connectivity index (χ2v) is 4.93. The van der Waals surface area contributed by atoms with Crippen LogP contribution in [0.4, 0.5) is 24.7 Å². The summed E-state index contributed by atoms with van der Waals surface area (Å²) in [5, 5.41) is 17.1. The van der Waals surface area contributed by atoms with E-state index in [9.17, 15) is 23.3 Å². The number of halogens is 3. The number of anilines is 1. The number of pyridine rings is 1. The standard InChI is InChI=1S/C12H10F3N5O4/c13-12(14,15)11-18-9(19-24-11)6-3-8(20(21)22)10(16-4-6)17-5-7-1-2-23-7/h3-4,7H,1-2,5H2,(H,16,17). The van der Waals surface area contributed by atoms with E-state index in [1.54, 1.807) is 0 Å². The van der Waals surface area contributed by atoms with Gasteiger partial charge in [0.15, 0.2) is 0 Å². The molecule has 1 unspecified atom stereocenters. The van der Waals surface area contributed by atoms with E-state index < -0.39 is 28.5 Å². The minimum atomic E-state index is -4.80. The van der Waals surface area contributed by atoms with Gasteiger partial charge < -0.3 is 14.6 Å². The molecule has 0 amide bonds. The molecular formula is C12H10F3N5O4. The average Bonchev–Trinajstić information content (AvgIpc) is 2.95. The first-order valence-corrected chi connectivity index (χ1v) is 6.76. The summed E-state index contributed by atoms with van der Waals surface area (Å²) in [5.41, 5.74) is -0.475. The Kier molecular flexibility index (Phi) is 4.05.